The Morgan fingerprint density at radius 3 is 2.92 bits per heavy atom. The molecule has 2 heteroatoms. The van der Waals surface area contributed by atoms with Gasteiger partial charge in [0.1, 0.15) is 0 Å². The molecule has 2 rings (SSSR count). The highest BCUT2D eigenvalue weighted by Gasteiger charge is 2.04. The summed E-state index contributed by atoms with van der Waals surface area (Å²) in [6, 6.07) is 6.19. The molecule has 13 heavy (non-hydrogen) atoms. The summed E-state index contributed by atoms with van der Waals surface area (Å²) >= 11 is 6.14. The molecule has 0 fully saturated rings. The Morgan fingerprint density at radius 2 is 2.23 bits per heavy atom. The fourth-order valence-corrected chi connectivity index (χ4v) is 1.97. The third-order valence-electron chi connectivity index (χ3n) is 2.27. The molecule has 0 bridgehead atoms. The number of fused-ring (bicyclic) bond motifs is 1. The fraction of sp³-hybridized carbons (Fsp3) is 0.182. The molecule has 0 N–H and O–H groups in total. The molecule has 0 unspecified atom stereocenters. The number of nitrogens with zero attached hydrogens (tertiary/aromatic N) is 1. The SMILES string of the molecule is [CH2]Cc1cc(Cl)c2c(ccn2C)c1. The van der Waals surface area contributed by atoms with Crippen molar-refractivity contribution < 1.29 is 0 Å². The predicted molar refractivity (Wildman–Crippen MR) is 57.0 cm³/mol. The second-order valence-corrected chi connectivity index (χ2v) is 3.60. The standard InChI is InChI=1S/C11H11ClN/c1-3-8-6-9-4-5-13(2)11(9)10(12)7-8/h4-7H,1,3H2,2H3. The summed E-state index contributed by atoms with van der Waals surface area (Å²) in [4.78, 5) is 0. The van der Waals surface area contributed by atoms with Crippen LogP contribution in [0.3, 0.4) is 0 Å². The maximum atomic E-state index is 6.14. The van der Waals surface area contributed by atoms with E-state index in [2.05, 4.69) is 19.1 Å². The van der Waals surface area contributed by atoms with Gasteiger partial charge in [0, 0.05) is 18.6 Å². The summed E-state index contributed by atoms with van der Waals surface area (Å²) in [7, 11) is 2.00. The Balaban J connectivity index is 2.79. The Labute approximate surface area is 82.9 Å². The van der Waals surface area contributed by atoms with Crippen molar-refractivity contribution in [2.75, 3.05) is 0 Å². The van der Waals surface area contributed by atoms with Crippen molar-refractivity contribution in [3.8, 4) is 0 Å². The lowest BCUT2D eigenvalue weighted by Gasteiger charge is -2.02. The normalized spacial score (nSPS) is 11.0. The monoisotopic (exact) mass is 192 g/mol. The Morgan fingerprint density at radius 1 is 1.46 bits per heavy atom. The van der Waals surface area contributed by atoms with Crippen molar-refractivity contribution in [3.05, 3.63) is 41.9 Å². The van der Waals surface area contributed by atoms with Crippen molar-refractivity contribution in [1.29, 1.82) is 0 Å². The minimum absolute atomic E-state index is 0.782. The third kappa shape index (κ3) is 1.33. The number of rotatable bonds is 1. The van der Waals surface area contributed by atoms with Crippen LogP contribution in [-0.2, 0) is 13.5 Å². The van der Waals surface area contributed by atoms with Gasteiger partial charge in [-0.05, 0) is 37.1 Å². The van der Waals surface area contributed by atoms with Crippen molar-refractivity contribution in [1.82, 2.24) is 4.57 Å². The largest absolute Gasteiger partial charge is 0.349 e. The second kappa shape index (κ2) is 3.08. The van der Waals surface area contributed by atoms with E-state index in [1.54, 1.807) is 0 Å². The zero-order valence-electron chi connectivity index (χ0n) is 7.55. The first-order chi connectivity index (χ1) is 6.22. The van der Waals surface area contributed by atoms with Gasteiger partial charge in [-0.2, -0.15) is 0 Å². The van der Waals surface area contributed by atoms with E-state index < -0.39 is 0 Å². The maximum absolute atomic E-state index is 6.14. The van der Waals surface area contributed by atoms with E-state index in [-0.39, 0.29) is 0 Å². The lowest BCUT2D eigenvalue weighted by atomic mass is 10.1. The van der Waals surface area contributed by atoms with E-state index >= 15 is 0 Å². The molecule has 0 spiro atoms. The molecule has 0 atom stereocenters. The van der Waals surface area contributed by atoms with Crippen LogP contribution in [0.15, 0.2) is 24.4 Å². The summed E-state index contributed by atoms with van der Waals surface area (Å²) in [5.41, 5.74) is 2.28. The number of benzene rings is 1. The van der Waals surface area contributed by atoms with Crippen molar-refractivity contribution in [3.63, 3.8) is 0 Å². The number of halogens is 1. The highest BCUT2D eigenvalue weighted by atomic mass is 35.5. The molecule has 67 valence electrons. The molecular formula is C11H11ClN. The van der Waals surface area contributed by atoms with Crippen LogP contribution in [0.1, 0.15) is 5.56 Å². The molecule has 1 nitrogen and oxygen atoms in total. The van der Waals surface area contributed by atoms with Gasteiger partial charge >= 0.3 is 0 Å². The molecule has 0 saturated carbocycles. The van der Waals surface area contributed by atoms with Gasteiger partial charge < -0.3 is 4.57 Å². The van der Waals surface area contributed by atoms with Crippen LogP contribution >= 0.6 is 11.6 Å². The lowest BCUT2D eigenvalue weighted by molar-refractivity contribution is 0.969. The predicted octanol–water partition coefficient (Wildman–Crippen LogP) is 3.21. The van der Waals surface area contributed by atoms with Gasteiger partial charge in [0.25, 0.3) is 0 Å². The summed E-state index contributed by atoms with van der Waals surface area (Å²) in [5.74, 6) is 0. The fourth-order valence-electron chi connectivity index (χ4n) is 1.59. The molecule has 0 saturated heterocycles. The summed E-state index contributed by atoms with van der Waals surface area (Å²) in [6.07, 6.45) is 2.80. The van der Waals surface area contributed by atoms with E-state index in [1.807, 2.05) is 23.9 Å². The van der Waals surface area contributed by atoms with Gasteiger partial charge in [-0.1, -0.05) is 11.6 Å². The van der Waals surface area contributed by atoms with Gasteiger partial charge in [-0.3, -0.25) is 0 Å². The number of aryl methyl sites for hydroxylation is 1. The summed E-state index contributed by atoms with van der Waals surface area (Å²) in [6.45, 7) is 3.85. The first-order valence-electron chi connectivity index (χ1n) is 4.25. The molecular weight excluding hydrogens is 182 g/mol. The topological polar surface area (TPSA) is 4.93 Å². The first-order valence-corrected chi connectivity index (χ1v) is 4.63. The van der Waals surface area contributed by atoms with Gasteiger partial charge in [-0.15, -0.1) is 0 Å². The molecule has 0 amide bonds. The summed E-state index contributed by atoms with van der Waals surface area (Å²) in [5, 5.41) is 2.00. The average Bonchev–Trinajstić information content (AvgIpc) is 2.48. The Hall–Kier alpha value is -0.950. The van der Waals surface area contributed by atoms with E-state index in [0.717, 1.165) is 17.0 Å². The van der Waals surface area contributed by atoms with Crippen LogP contribution in [0.4, 0.5) is 0 Å². The van der Waals surface area contributed by atoms with Crippen molar-refractivity contribution in [2.45, 2.75) is 6.42 Å². The van der Waals surface area contributed by atoms with Crippen LogP contribution in [0.25, 0.3) is 10.9 Å². The molecule has 0 aliphatic rings. The molecule has 2 aromatic rings. The highest BCUT2D eigenvalue weighted by molar-refractivity contribution is 6.35. The molecule has 1 aromatic heterocycles. The molecule has 0 aliphatic heterocycles. The van der Waals surface area contributed by atoms with E-state index in [1.165, 1.54) is 10.9 Å². The molecule has 1 radical (unpaired) electrons. The van der Waals surface area contributed by atoms with Gasteiger partial charge in [0.15, 0.2) is 0 Å². The number of hydrogen-bond acceptors (Lipinski definition) is 0. The van der Waals surface area contributed by atoms with E-state index in [4.69, 9.17) is 11.6 Å². The van der Waals surface area contributed by atoms with Crippen LogP contribution in [0.2, 0.25) is 5.02 Å². The lowest BCUT2D eigenvalue weighted by Crippen LogP contribution is -1.87. The Kier molecular flexibility index (Phi) is 2.04. The average molecular weight is 193 g/mol. The summed E-state index contributed by atoms with van der Waals surface area (Å²) < 4.78 is 2.03. The van der Waals surface area contributed by atoms with Gasteiger partial charge in [0.2, 0.25) is 0 Å². The van der Waals surface area contributed by atoms with Crippen molar-refractivity contribution in [2.24, 2.45) is 7.05 Å². The minimum Gasteiger partial charge on any atom is -0.349 e. The smallest absolute Gasteiger partial charge is 0.0667 e. The van der Waals surface area contributed by atoms with Crippen molar-refractivity contribution >= 4 is 22.5 Å². The second-order valence-electron chi connectivity index (χ2n) is 3.19. The molecule has 1 aromatic carbocycles. The van der Waals surface area contributed by atoms with E-state index in [0.29, 0.717) is 0 Å². The number of hydrogen-bond donors (Lipinski definition) is 0. The van der Waals surface area contributed by atoms with Gasteiger partial charge in [-0.25, -0.2) is 0 Å². The van der Waals surface area contributed by atoms with E-state index in [9.17, 15) is 0 Å². The third-order valence-corrected chi connectivity index (χ3v) is 2.56. The van der Waals surface area contributed by atoms with Crippen LogP contribution in [0, 0.1) is 6.92 Å². The molecule has 1 heterocycles. The first kappa shape index (κ1) is 8.64. The highest BCUT2D eigenvalue weighted by Crippen LogP contribution is 2.25. The maximum Gasteiger partial charge on any atom is 0.0667 e. The zero-order valence-corrected chi connectivity index (χ0v) is 8.30. The number of aromatic nitrogens is 1. The zero-order chi connectivity index (χ0) is 9.42. The van der Waals surface area contributed by atoms with Crippen LogP contribution in [0.5, 0.6) is 0 Å². The van der Waals surface area contributed by atoms with Crippen LogP contribution < -0.4 is 0 Å². The quantitative estimate of drug-likeness (QED) is 0.654. The minimum atomic E-state index is 0.782. The molecule has 0 aliphatic carbocycles. The Bertz CT molecular complexity index is 443. The van der Waals surface area contributed by atoms with Gasteiger partial charge in [0.05, 0.1) is 10.5 Å². The van der Waals surface area contributed by atoms with Crippen LogP contribution in [-0.4, -0.2) is 4.57 Å².